The Morgan fingerprint density at radius 1 is 1.26 bits per heavy atom. The Hall–Kier alpha value is -2.76. The maximum Gasteiger partial charge on any atom is 0.225 e. The molecule has 1 aromatic carbocycles. The SMILES string of the molecule is CC(C)C(=O)N1C[C@H](C(=O)NCc2cccnc2)[C@H](c2cccc(F)c2)C1. The number of pyridine rings is 1. The summed E-state index contributed by atoms with van der Waals surface area (Å²) in [5, 5.41) is 2.93. The van der Waals surface area contributed by atoms with Crippen LogP contribution in [-0.4, -0.2) is 34.8 Å². The number of nitrogens with zero attached hydrogens (tertiary/aromatic N) is 2. The molecule has 2 aromatic rings. The van der Waals surface area contributed by atoms with Crippen molar-refractivity contribution in [3.63, 3.8) is 0 Å². The maximum atomic E-state index is 13.7. The summed E-state index contributed by atoms with van der Waals surface area (Å²) in [6.07, 6.45) is 3.38. The normalized spacial score (nSPS) is 19.3. The van der Waals surface area contributed by atoms with E-state index in [0.717, 1.165) is 11.1 Å². The molecule has 2 atom stereocenters. The first-order valence-electron chi connectivity index (χ1n) is 9.16. The van der Waals surface area contributed by atoms with Crippen LogP contribution in [0, 0.1) is 17.7 Å². The molecule has 5 nitrogen and oxygen atoms in total. The van der Waals surface area contributed by atoms with Crippen LogP contribution in [0.5, 0.6) is 0 Å². The summed E-state index contributed by atoms with van der Waals surface area (Å²) >= 11 is 0. The van der Waals surface area contributed by atoms with Crippen molar-refractivity contribution in [1.29, 1.82) is 0 Å². The second-order valence-corrected chi connectivity index (χ2v) is 7.24. The van der Waals surface area contributed by atoms with Crippen molar-refractivity contribution in [2.24, 2.45) is 11.8 Å². The topological polar surface area (TPSA) is 62.3 Å². The molecule has 1 aromatic heterocycles. The van der Waals surface area contributed by atoms with Crippen LogP contribution >= 0.6 is 0 Å². The molecule has 2 heterocycles. The molecule has 0 radical (unpaired) electrons. The first-order chi connectivity index (χ1) is 13.0. The van der Waals surface area contributed by atoms with Gasteiger partial charge in [0.15, 0.2) is 0 Å². The molecule has 0 saturated carbocycles. The van der Waals surface area contributed by atoms with Gasteiger partial charge in [-0.25, -0.2) is 4.39 Å². The minimum atomic E-state index is -0.411. The van der Waals surface area contributed by atoms with E-state index in [2.05, 4.69) is 10.3 Å². The molecule has 0 aliphatic carbocycles. The Bertz CT molecular complexity index is 810. The van der Waals surface area contributed by atoms with Crippen molar-refractivity contribution in [2.45, 2.75) is 26.3 Å². The summed E-state index contributed by atoms with van der Waals surface area (Å²) in [5.74, 6) is -1.24. The summed E-state index contributed by atoms with van der Waals surface area (Å²) in [4.78, 5) is 31.1. The molecule has 1 aliphatic rings. The largest absolute Gasteiger partial charge is 0.352 e. The fourth-order valence-corrected chi connectivity index (χ4v) is 3.51. The Morgan fingerprint density at radius 2 is 2.07 bits per heavy atom. The lowest BCUT2D eigenvalue weighted by Crippen LogP contribution is -2.36. The zero-order chi connectivity index (χ0) is 19.4. The number of rotatable bonds is 5. The molecule has 0 bridgehead atoms. The first-order valence-corrected chi connectivity index (χ1v) is 9.16. The highest BCUT2D eigenvalue weighted by molar-refractivity contribution is 5.84. The molecule has 1 N–H and O–H groups in total. The molecule has 142 valence electrons. The summed E-state index contributed by atoms with van der Waals surface area (Å²) in [6.45, 7) is 4.82. The summed E-state index contributed by atoms with van der Waals surface area (Å²) in [6, 6.07) is 10.00. The van der Waals surface area contributed by atoms with Gasteiger partial charge in [-0.15, -0.1) is 0 Å². The van der Waals surface area contributed by atoms with E-state index in [4.69, 9.17) is 0 Å². The molecule has 27 heavy (non-hydrogen) atoms. The van der Waals surface area contributed by atoms with E-state index in [9.17, 15) is 14.0 Å². The Labute approximate surface area is 158 Å². The predicted octanol–water partition coefficient (Wildman–Crippen LogP) is 2.74. The molecule has 1 fully saturated rings. The fraction of sp³-hybridized carbons (Fsp3) is 0.381. The number of likely N-dealkylation sites (tertiary alicyclic amines) is 1. The lowest BCUT2D eigenvalue weighted by atomic mass is 9.88. The van der Waals surface area contributed by atoms with Crippen LogP contribution in [0.25, 0.3) is 0 Å². The maximum absolute atomic E-state index is 13.7. The van der Waals surface area contributed by atoms with Crippen molar-refractivity contribution in [3.05, 3.63) is 65.7 Å². The number of amides is 2. The van der Waals surface area contributed by atoms with Crippen molar-refractivity contribution in [3.8, 4) is 0 Å². The number of halogens is 1. The number of nitrogens with one attached hydrogen (secondary N) is 1. The van der Waals surface area contributed by atoms with Gasteiger partial charge in [0, 0.05) is 43.9 Å². The van der Waals surface area contributed by atoms with Gasteiger partial charge in [-0.05, 0) is 29.3 Å². The van der Waals surface area contributed by atoms with Gasteiger partial charge >= 0.3 is 0 Å². The molecule has 3 rings (SSSR count). The van der Waals surface area contributed by atoms with Gasteiger partial charge in [0.2, 0.25) is 11.8 Å². The average Bonchev–Trinajstić information content (AvgIpc) is 3.11. The minimum Gasteiger partial charge on any atom is -0.352 e. The second kappa shape index (κ2) is 8.29. The number of hydrogen-bond donors (Lipinski definition) is 1. The highest BCUT2D eigenvalue weighted by atomic mass is 19.1. The van der Waals surface area contributed by atoms with Gasteiger partial charge in [0.1, 0.15) is 5.82 Å². The zero-order valence-corrected chi connectivity index (χ0v) is 15.6. The number of hydrogen-bond acceptors (Lipinski definition) is 3. The third-order valence-corrected chi connectivity index (χ3v) is 4.93. The summed E-state index contributed by atoms with van der Waals surface area (Å²) in [5.41, 5.74) is 1.65. The van der Waals surface area contributed by atoms with E-state index >= 15 is 0 Å². The Morgan fingerprint density at radius 3 is 2.74 bits per heavy atom. The van der Waals surface area contributed by atoms with E-state index in [1.54, 1.807) is 23.4 Å². The van der Waals surface area contributed by atoms with Gasteiger partial charge in [-0.1, -0.05) is 32.0 Å². The van der Waals surface area contributed by atoms with E-state index in [1.165, 1.54) is 12.1 Å². The van der Waals surface area contributed by atoms with Crippen molar-refractivity contribution in [1.82, 2.24) is 15.2 Å². The molecular weight excluding hydrogens is 345 g/mol. The number of benzene rings is 1. The standard InChI is InChI=1S/C21H24FN3O2/c1-14(2)21(27)25-12-18(16-6-3-7-17(22)9-16)19(13-25)20(26)24-11-15-5-4-8-23-10-15/h3-10,14,18-19H,11-13H2,1-2H3,(H,24,26)/t18-,19-/m0/s1. The second-order valence-electron chi connectivity index (χ2n) is 7.24. The predicted molar refractivity (Wildman–Crippen MR) is 100 cm³/mol. The van der Waals surface area contributed by atoms with Crippen LogP contribution in [0.3, 0.4) is 0 Å². The first kappa shape index (κ1) is 19.0. The zero-order valence-electron chi connectivity index (χ0n) is 15.6. The lowest BCUT2D eigenvalue weighted by molar-refractivity contribution is -0.133. The van der Waals surface area contributed by atoms with Gasteiger partial charge < -0.3 is 10.2 Å². The van der Waals surface area contributed by atoms with Crippen LogP contribution in [0.2, 0.25) is 0 Å². The van der Waals surface area contributed by atoms with Crippen LogP contribution in [0.15, 0.2) is 48.8 Å². The van der Waals surface area contributed by atoms with Gasteiger partial charge in [0.05, 0.1) is 5.92 Å². The fourth-order valence-electron chi connectivity index (χ4n) is 3.51. The third-order valence-electron chi connectivity index (χ3n) is 4.93. The molecule has 6 heteroatoms. The number of carbonyl (C=O) groups excluding carboxylic acids is 2. The van der Waals surface area contributed by atoms with E-state index in [0.29, 0.717) is 19.6 Å². The highest BCUT2D eigenvalue weighted by Gasteiger charge is 2.40. The molecule has 2 amide bonds. The minimum absolute atomic E-state index is 0.0129. The Balaban J connectivity index is 1.78. The monoisotopic (exact) mass is 369 g/mol. The molecular formula is C21H24FN3O2. The number of carbonyl (C=O) groups is 2. The average molecular weight is 369 g/mol. The highest BCUT2D eigenvalue weighted by Crippen LogP contribution is 2.34. The van der Waals surface area contributed by atoms with Crippen LogP contribution < -0.4 is 5.32 Å². The molecule has 0 spiro atoms. The van der Waals surface area contributed by atoms with E-state index in [1.807, 2.05) is 32.0 Å². The van der Waals surface area contributed by atoms with Crippen molar-refractivity contribution < 1.29 is 14.0 Å². The van der Waals surface area contributed by atoms with Crippen molar-refractivity contribution >= 4 is 11.8 Å². The molecule has 1 aliphatic heterocycles. The lowest BCUT2D eigenvalue weighted by Gasteiger charge is -2.18. The van der Waals surface area contributed by atoms with Gasteiger partial charge in [0.25, 0.3) is 0 Å². The third kappa shape index (κ3) is 4.51. The summed E-state index contributed by atoms with van der Waals surface area (Å²) in [7, 11) is 0. The Kier molecular flexibility index (Phi) is 5.84. The van der Waals surface area contributed by atoms with Gasteiger partial charge in [-0.2, -0.15) is 0 Å². The smallest absolute Gasteiger partial charge is 0.225 e. The van der Waals surface area contributed by atoms with Crippen LogP contribution in [0.1, 0.15) is 30.9 Å². The van der Waals surface area contributed by atoms with Gasteiger partial charge in [-0.3, -0.25) is 14.6 Å². The molecule has 0 unspecified atom stereocenters. The van der Waals surface area contributed by atoms with Crippen LogP contribution in [0.4, 0.5) is 4.39 Å². The van der Waals surface area contributed by atoms with E-state index in [-0.39, 0.29) is 29.5 Å². The quantitative estimate of drug-likeness (QED) is 0.882. The number of aromatic nitrogens is 1. The van der Waals surface area contributed by atoms with E-state index < -0.39 is 5.92 Å². The van der Waals surface area contributed by atoms with Crippen molar-refractivity contribution in [2.75, 3.05) is 13.1 Å². The molecule has 1 saturated heterocycles. The summed E-state index contributed by atoms with van der Waals surface area (Å²) < 4.78 is 13.7. The van der Waals surface area contributed by atoms with Crippen LogP contribution in [-0.2, 0) is 16.1 Å².